The molecule has 0 N–H and O–H groups in total. The number of aromatic nitrogens is 1. The highest BCUT2D eigenvalue weighted by Crippen LogP contribution is 2.32. The predicted octanol–water partition coefficient (Wildman–Crippen LogP) is 6.96. The number of nitrogens with zero attached hydrogens (tertiary/aromatic N) is 5. The number of hydrogen-bond acceptors (Lipinski definition) is 8. The van der Waals surface area contributed by atoms with Crippen LogP contribution in [0.25, 0.3) is 10.6 Å². The van der Waals surface area contributed by atoms with Crippen LogP contribution in [0.4, 0.5) is 5.69 Å². The van der Waals surface area contributed by atoms with E-state index in [0.717, 1.165) is 33.0 Å². The van der Waals surface area contributed by atoms with Crippen molar-refractivity contribution < 1.29 is 14.1 Å². The van der Waals surface area contributed by atoms with E-state index >= 15 is 0 Å². The molecule has 1 atom stereocenters. The topological polar surface area (TPSA) is 95.0 Å². The summed E-state index contributed by atoms with van der Waals surface area (Å²) in [5, 5.41) is 14.2. The first-order chi connectivity index (χ1) is 22.0. The van der Waals surface area contributed by atoms with Crippen molar-refractivity contribution in [3.05, 3.63) is 129 Å². The number of methoxy groups -OCH3 is 1. The van der Waals surface area contributed by atoms with Crippen molar-refractivity contribution in [2.24, 2.45) is 4.99 Å². The molecule has 1 amide bonds. The molecule has 1 fully saturated rings. The van der Waals surface area contributed by atoms with Gasteiger partial charge in [-0.3, -0.25) is 9.69 Å². The van der Waals surface area contributed by atoms with Gasteiger partial charge in [-0.05, 0) is 29.8 Å². The zero-order valence-electron chi connectivity index (χ0n) is 24.6. The van der Waals surface area contributed by atoms with Gasteiger partial charge in [0, 0.05) is 43.9 Å². The molecule has 45 heavy (non-hydrogen) atoms. The summed E-state index contributed by atoms with van der Waals surface area (Å²) in [7, 11) is 1.64. The Balaban J connectivity index is 1.23. The van der Waals surface area contributed by atoms with Gasteiger partial charge >= 0.3 is 0 Å². The lowest BCUT2D eigenvalue weighted by Gasteiger charge is -2.40. The van der Waals surface area contributed by atoms with Crippen LogP contribution in [-0.2, 0) is 22.6 Å². The second kappa shape index (κ2) is 14.0. The minimum atomic E-state index is -0.175. The average molecular weight is 636 g/mol. The van der Waals surface area contributed by atoms with E-state index in [9.17, 15) is 10.1 Å². The third-order valence-corrected chi connectivity index (χ3v) is 8.82. The molecule has 226 valence electrons. The van der Waals surface area contributed by atoms with E-state index in [1.165, 1.54) is 11.3 Å². The number of benzene rings is 3. The summed E-state index contributed by atoms with van der Waals surface area (Å²) in [4.78, 5) is 23.4. The molecule has 1 aliphatic rings. The maximum atomic E-state index is 13.6. The summed E-state index contributed by atoms with van der Waals surface area (Å²) in [6.07, 6.45) is 0. The monoisotopic (exact) mass is 635 g/mol. The molecule has 6 rings (SSSR count). The number of piperazine rings is 1. The average Bonchev–Trinajstić information content (AvgIpc) is 3.71. The number of ether oxygens (including phenoxy) is 1. The zero-order valence-corrected chi connectivity index (χ0v) is 26.2. The van der Waals surface area contributed by atoms with E-state index in [1.807, 2.05) is 95.9 Å². The van der Waals surface area contributed by atoms with Gasteiger partial charge in [-0.15, -0.1) is 11.3 Å². The van der Waals surface area contributed by atoms with Crippen molar-refractivity contribution in [3.8, 4) is 16.7 Å². The van der Waals surface area contributed by atoms with Crippen LogP contribution < -0.4 is 0 Å². The fourth-order valence-corrected chi connectivity index (χ4v) is 6.46. The number of thiophene rings is 1. The van der Waals surface area contributed by atoms with E-state index in [4.69, 9.17) is 25.9 Å². The Bertz CT molecular complexity index is 1810. The Morgan fingerprint density at radius 1 is 1.04 bits per heavy atom. The van der Waals surface area contributed by atoms with Crippen LogP contribution in [0.3, 0.4) is 0 Å². The first-order valence-corrected chi connectivity index (χ1v) is 15.6. The molecule has 3 aromatic carbocycles. The molecule has 0 unspecified atom stereocenters. The summed E-state index contributed by atoms with van der Waals surface area (Å²) < 4.78 is 11.8. The van der Waals surface area contributed by atoms with Crippen LogP contribution in [0.1, 0.15) is 27.9 Å². The molecule has 1 saturated heterocycles. The Morgan fingerprint density at radius 2 is 1.78 bits per heavy atom. The number of aliphatic imine (C=N–C) groups is 1. The summed E-state index contributed by atoms with van der Waals surface area (Å²) in [5.41, 5.74) is 5.31. The number of carbonyl (C=O) groups excluding carboxylic acids is 1. The van der Waals surface area contributed by atoms with E-state index < -0.39 is 0 Å². The van der Waals surface area contributed by atoms with E-state index in [1.54, 1.807) is 13.2 Å². The minimum Gasteiger partial charge on any atom is -0.382 e. The molecule has 0 aliphatic carbocycles. The van der Waals surface area contributed by atoms with Gasteiger partial charge in [-0.25, -0.2) is 4.99 Å². The van der Waals surface area contributed by atoms with Crippen LogP contribution in [0.5, 0.6) is 0 Å². The fourth-order valence-electron chi connectivity index (χ4n) is 5.47. The predicted molar refractivity (Wildman–Crippen MR) is 176 cm³/mol. The Morgan fingerprint density at radius 3 is 2.42 bits per heavy atom. The van der Waals surface area contributed by atoms with Gasteiger partial charge in [-0.2, -0.15) is 5.26 Å². The molecule has 2 aromatic heterocycles. The lowest BCUT2D eigenvalue weighted by atomic mass is 10.0. The molecule has 5 aromatic rings. The molecule has 10 heteroatoms. The van der Waals surface area contributed by atoms with Gasteiger partial charge in [0.2, 0.25) is 5.91 Å². The molecule has 1 aliphatic heterocycles. The number of rotatable bonds is 10. The third-order valence-electron chi connectivity index (χ3n) is 7.57. The highest BCUT2D eigenvalue weighted by atomic mass is 35.5. The highest BCUT2D eigenvalue weighted by Gasteiger charge is 2.33. The fraction of sp³-hybridized carbons (Fsp3) is 0.200. The lowest BCUT2D eigenvalue weighted by Crippen LogP contribution is -2.57. The Hall–Kier alpha value is -4.59. The first-order valence-electron chi connectivity index (χ1n) is 14.5. The van der Waals surface area contributed by atoms with E-state index in [2.05, 4.69) is 16.1 Å². The van der Waals surface area contributed by atoms with Gasteiger partial charge in [0.05, 0.1) is 51.1 Å². The first kappa shape index (κ1) is 30.4. The second-order valence-corrected chi connectivity index (χ2v) is 12.5. The number of nitriles is 1. The van der Waals surface area contributed by atoms with Gasteiger partial charge in [0.15, 0.2) is 5.76 Å². The van der Waals surface area contributed by atoms with Crippen LogP contribution >= 0.6 is 22.9 Å². The molecule has 3 heterocycles. The smallest absolute Gasteiger partial charge is 0.237 e. The SMILES string of the molecule is COC[C@H]1CN(Cc2cc(-c3ccc(Cl)s3)on2)CC(=O)N1Cc1ccc(C#N)c(N=C(c2ccccc2)c2ccccc2)c1. The molecule has 8 nitrogen and oxygen atoms in total. The molecular weight excluding hydrogens is 606 g/mol. The molecule has 0 radical (unpaired) electrons. The maximum absolute atomic E-state index is 13.6. The van der Waals surface area contributed by atoms with Crippen LogP contribution in [0.2, 0.25) is 4.34 Å². The molecule has 0 saturated carbocycles. The van der Waals surface area contributed by atoms with Crippen molar-refractivity contribution in [2.45, 2.75) is 19.1 Å². The summed E-state index contributed by atoms with van der Waals surface area (Å²) in [5.74, 6) is 0.642. The highest BCUT2D eigenvalue weighted by molar-refractivity contribution is 7.19. The zero-order chi connectivity index (χ0) is 31.2. The normalized spacial score (nSPS) is 15.2. The van der Waals surface area contributed by atoms with Crippen molar-refractivity contribution in [2.75, 3.05) is 26.8 Å². The van der Waals surface area contributed by atoms with Crippen molar-refractivity contribution in [1.29, 1.82) is 5.26 Å². The van der Waals surface area contributed by atoms with Crippen LogP contribution in [0, 0.1) is 11.3 Å². The number of amides is 1. The van der Waals surface area contributed by atoms with Crippen molar-refractivity contribution >= 4 is 40.2 Å². The van der Waals surface area contributed by atoms with Crippen LogP contribution in [0.15, 0.2) is 107 Å². The largest absolute Gasteiger partial charge is 0.382 e. The molecule has 0 spiro atoms. The lowest BCUT2D eigenvalue weighted by molar-refractivity contribution is -0.142. The van der Waals surface area contributed by atoms with Gasteiger partial charge in [0.25, 0.3) is 0 Å². The summed E-state index contributed by atoms with van der Waals surface area (Å²) >= 11 is 7.50. The van der Waals surface area contributed by atoms with Gasteiger partial charge in [0.1, 0.15) is 6.07 Å². The van der Waals surface area contributed by atoms with E-state index in [-0.39, 0.29) is 18.5 Å². The van der Waals surface area contributed by atoms with Gasteiger partial charge in [-0.1, -0.05) is 83.5 Å². The number of hydrogen-bond donors (Lipinski definition) is 0. The minimum absolute atomic E-state index is 0.0132. The number of carbonyl (C=O) groups is 1. The summed E-state index contributed by atoms with van der Waals surface area (Å²) in [6.45, 7) is 2.07. The maximum Gasteiger partial charge on any atom is 0.237 e. The number of halogens is 1. The molecular formula is C35H30ClN5O3S. The second-order valence-electron chi connectivity index (χ2n) is 10.7. The van der Waals surface area contributed by atoms with Crippen LogP contribution in [-0.4, -0.2) is 59.4 Å². The summed E-state index contributed by atoms with van der Waals surface area (Å²) in [6, 6.07) is 33.1. The standard InChI is InChI=1S/C35H30ClN5O3S/c1-43-23-29-21-40(20-28-17-31(44-39-28)32-14-15-33(36)45-32)22-34(42)41(29)19-24-12-13-27(18-37)30(16-24)38-35(25-8-4-2-5-9-25)26-10-6-3-7-11-26/h2-17,29H,19-23H2,1H3/t29-/m1/s1. The van der Waals surface area contributed by atoms with Crippen molar-refractivity contribution in [3.63, 3.8) is 0 Å². The molecule has 0 bridgehead atoms. The van der Waals surface area contributed by atoms with Crippen molar-refractivity contribution in [1.82, 2.24) is 15.0 Å². The third kappa shape index (κ3) is 7.22. The Labute approximate surface area is 270 Å². The van der Waals surface area contributed by atoms with E-state index in [0.29, 0.717) is 47.6 Å². The quantitative estimate of drug-likeness (QED) is 0.154. The van der Waals surface area contributed by atoms with Gasteiger partial charge < -0.3 is 14.2 Å². The Kier molecular flexibility index (Phi) is 9.48.